The van der Waals surface area contributed by atoms with E-state index in [1.54, 1.807) is 6.20 Å². The summed E-state index contributed by atoms with van der Waals surface area (Å²) in [4.78, 5) is 4.30. The van der Waals surface area contributed by atoms with Crippen LogP contribution in [0.3, 0.4) is 0 Å². The lowest BCUT2D eigenvalue weighted by Crippen LogP contribution is -2.05. The fourth-order valence-corrected chi connectivity index (χ4v) is 2.28. The molecule has 0 atom stereocenters. The summed E-state index contributed by atoms with van der Waals surface area (Å²) in [5, 5.41) is 3.59. The second-order valence-corrected chi connectivity index (χ2v) is 5.38. The molecule has 0 aliphatic rings. The first-order chi connectivity index (χ1) is 9.51. The molecule has 1 N–H and O–H groups in total. The molecule has 0 aliphatic heterocycles. The van der Waals surface area contributed by atoms with Crippen LogP contribution in [-0.4, -0.2) is 12.0 Å². The monoisotopic (exact) mass is 290 g/mol. The lowest BCUT2D eigenvalue weighted by molar-refractivity contribution is 0.458. The molecule has 106 valence electrons. The summed E-state index contributed by atoms with van der Waals surface area (Å²) < 4.78 is 5.87. The molecule has 0 fully saturated rings. The minimum absolute atomic E-state index is 0.444. The molecule has 1 aromatic heterocycles. The van der Waals surface area contributed by atoms with Crippen LogP contribution in [0, 0.1) is 20.8 Å². The predicted octanol–water partition coefficient (Wildman–Crippen LogP) is 4.17. The van der Waals surface area contributed by atoms with E-state index >= 15 is 0 Å². The van der Waals surface area contributed by atoms with E-state index in [4.69, 9.17) is 16.3 Å². The van der Waals surface area contributed by atoms with Gasteiger partial charge in [-0.05, 0) is 62.2 Å². The van der Waals surface area contributed by atoms with E-state index in [1.807, 2.05) is 33.0 Å². The summed E-state index contributed by atoms with van der Waals surface area (Å²) in [5.41, 5.74) is 4.49. The minimum Gasteiger partial charge on any atom is -0.437 e. The Bertz CT molecular complexity index is 626. The average molecular weight is 291 g/mol. The molecule has 1 heterocycles. The highest BCUT2D eigenvalue weighted by atomic mass is 35.5. The number of benzene rings is 1. The van der Waals surface area contributed by atoms with Gasteiger partial charge in [0.05, 0.1) is 0 Å². The second-order valence-electron chi connectivity index (χ2n) is 4.97. The molecular formula is C16H19ClN2O. The Morgan fingerprint density at radius 1 is 1.20 bits per heavy atom. The summed E-state index contributed by atoms with van der Waals surface area (Å²) in [5.74, 6) is 1.25. The largest absolute Gasteiger partial charge is 0.437 e. The van der Waals surface area contributed by atoms with E-state index in [0.29, 0.717) is 10.9 Å². The third kappa shape index (κ3) is 3.30. The molecule has 0 radical (unpaired) electrons. The second kappa shape index (κ2) is 6.25. The van der Waals surface area contributed by atoms with Crippen molar-refractivity contribution in [2.24, 2.45) is 0 Å². The quantitative estimate of drug-likeness (QED) is 0.917. The van der Waals surface area contributed by atoms with Crippen molar-refractivity contribution in [2.45, 2.75) is 27.3 Å². The number of hydrogen-bond acceptors (Lipinski definition) is 3. The van der Waals surface area contributed by atoms with Crippen LogP contribution in [0.25, 0.3) is 0 Å². The van der Waals surface area contributed by atoms with Crippen LogP contribution in [0.5, 0.6) is 11.6 Å². The highest BCUT2D eigenvalue weighted by molar-refractivity contribution is 6.31. The summed E-state index contributed by atoms with van der Waals surface area (Å²) in [6.07, 6.45) is 1.77. The molecule has 1 aromatic carbocycles. The van der Waals surface area contributed by atoms with E-state index in [9.17, 15) is 0 Å². The van der Waals surface area contributed by atoms with Gasteiger partial charge in [-0.15, -0.1) is 0 Å². The number of rotatable bonds is 4. The van der Waals surface area contributed by atoms with Gasteiger partial charge in [-0.1, -0.05) is 17.7 Å². The molecule has 0 saturated carbocycles. The molecule has 0 saturated heterocycles. The molecule has 20 heavy (non-hydrogen) atoms. The number of aromatic nitrogens is 1. The zero-order valence-corrected chi connectivity index (χ0v) is 13.0. The molecule has 0 bridgehead atoms. The van der Waals surface area contributed by atoms with Gasteiger partial charge < -0.3 is 10.1 Å². The zero-order chi connectivity index (χ0) is 14.7. The summed E-state index contributed by atoms with van der Waals surface area (Å²) in [6.45, 7) is 6.88. The SMILES string of the molecule is CNCc1cnc(Oc2cc(C)cc(C)c2C)c(Cl)c1. The van der Waals surface area contributed by atoms with Crippen molar-refractivity contribution in [2.75, 3.05) is 7.05 Å². The fourth-order valence-electron chi connectivity index (χ4n) is 2.05. The maximum Gasteiger partial charge on any atom is 0.238 e. The first-order valence-corrected chi connectivity index (χ1v) is 6.93. The highest BCUT2D eigenvalue weighted by Gasteiger charge is 2.10. The van der Waals surface area contributed by atoms with Gasteiger partial charge in [0.25, 0.3) is 0 Å². The number of nitrogens with zero attached hydrogens (tertiary/aromatic N) is 1. The Labute approximate surface area is 124 Å². The molecule has 4 heteroatoms. The maximum atomic E-state index is 6.23. The van der Waals surface area contributed by atoms with E-state index < -0.39 is 0 Å². The first kappa shape index (κ1) is 14.8. The topological polar surface area (TPSA) is 34.2 Å². The Balaban J connectivity index is 2.31. The third-order valence-electron chi connectivity index (χ3n) is 3.22. The van der Waals surface area contributed by atoms with Gasteiger partial charge in [-0.25, -0.2) is 4.98 Å². The van der Waals surface area contributed by atoms with Crippen LogP contribution in [0.4, 0.5) is 0 Å². The van der Waals surface area contributed by atoms with Crippen molar-refractivity contribution in [1.29, 1.82) is 0 Å². The van der Waals surface area contributed by atoms with Crippen molar-refractivity contribution >= 4 is 11.6 Å². The van der Waals surface area contributed by atoms with Crippen LogP contribution >= 0.6 is 11.6 Å². The lowest BCUT2D eigenvalue weighted by Gasteiger charge is -2.12. The summed E-state index contributed by atoms with van der Waals surface area (Å²) >= 11 is 6.23. The molecule has 2 rings (SSSR count). The Morgan fingerprint density at radius 3 is 2.60 bits per heavy atom. The van der Waals surface area contributed by atoms with Gasteiger partial charge in [-0.2, -0.15) is 0 Å². The molecule has 0 aliphatic carbocycles. The van der Waals surface area contributed by atoms with Gasteiger partial charge >= 0.3 is 0 Å². The van der Waals surface area contributed by atoms with Gasteiger partial charge in [0.2, 0.25) is 5.88 Å². The van der Waals surface area contributed by atoms with Crippen molar-refractivity contribution in [3.8, 4) is 11.6 Å². The number of ether oxygens (including phenoxy) is 1. The van der Waals surface area contributed by atoms with E-state index in [2.05, 4.69) is 23.3 Å². The number of aryl methyl sites for hydroxylation is 2. The maximum absolute atomic E-state index is 6.23. The van der Waals surface area contributed by atoms with E-state index in [0.717, 1.165) is 29.0 Å². The summed E-state index contributed by atoms with van der Waals surface area (Å²) in [7, 11) is 1.89. The Kier molecular flexibility index (Phi) is 4.63. The molecule has 0 amide bonds. The van der Waals surface area contributed by atoms with Crippen molar-refractivity contribution < 1.29 is 4.74 Å². The standard InChI is InChI=1S/C16H19ClN2O/c1-10-5-11(2)12(3)15(6-10)20-16-14(17)7-13(8-18-4)9-19-16/h5-7,9,18H,8H2,1-4H3. The van der Waals surface area contributed by atoms with Crippen LogP contribution in [0.1, 0.15) is 22.3 Å². The smallest absolute Gasteiger partial charge is 0.238 e. The van der Waals surface area contributed by atoms with E-state index in [1.165, 1.54) is 5.56 Å². The lowest BCUT2D eigenvalue weighted by atomic mass is 10.1. The van der Waals surface area contributed by atoms with Crippen LogP contribution in [-0.2, 0) is 6.54 Å². The molecule has 2 aromatic rings. The van der Waals surface area contributed by atoms with E-state index in [-0.39, 0.29) is 0 Å². The third-order valence-corrected chi connectivity index (χ3v) is 3.49. The Morgan fingerprint density at radius 2 is 1.95 bits per heavy atom. The molecule has 0 spiro atoms. The van der Waals surface area contributed by atoms with Gasteiger partial charge in [0.1, 0.15) is 10.8 Å². The van der Waals surface area contributed by atoms with Crippen LogP contribution < -0.4 is 10.1 Å². The average Bonchev–Trinajstić information content (AvgIpc) is 2.38. The number of hydrogen-bond donors (Lipinski definition) is 1. The summed E-state index contributed by atoms with van der Waals surface area (Å²) in [6, 6.07) is 6.01. The molecule has 0 unspecified atom stereocenters. The number of nitrogens with one attached hydrogen (secondary N) is 1. The van der Waals surface area contributed by atoms with Gasteiger partial charge in [-0.3, -0.25) is 0 Å². The van der Waals surface area contributed by atoms with Crippen molar-refractivity contribution in [3.63, 3.8) is 0 Å². The number of pyridine rings is 1. The van der Waals surface area contributed by atoms with Crippen molar-refractivity contribution in [1.82, 2.24) is 10.3 Å². The fraction of sp³-hybridized carbons (Fsp3) is 0.312. The minimum atomic E-state index is 0.444. The van der Waals surface area contributed by atoms with Crippen LogP contribution in [0.15, 0.2) is 24.4 Å². The zero-order valence-electron chi connectivity index (χ0n) is 12.2. The van der Waals surface area contributed by atoms with Gasteiger partial charge in [0, 0.05) is 12.7 Å². The number of halogens is 1. The van der Waals surface area contributed by atoms with Gasteiger partial charge in [0.15, 0.2) is 0 Å². The highest BCUT2D eigenvalue weighted by Crippen LogP contribution is 2.31. The first-order valence-electron chi connectivity index (χ1n) is 6.56. The normalized spacial score (nSPS) is 10.7. The van der Waals surface area contributed by atoms with Crippen LogP contribution in [0.2, 0.25) is 5.02 Å². The predicted molar refractivity (Wildman–Crippen MR) is 82.7 cm³/mol. The molecular weight excluding hydrogens is 272 g/mol. The van der Waals surface area contributed by atoms with Crippen molar-refractivity contribution in [3.05, 3.63) is 51.7 Å². The Hall–Kier alpha value is -1.58. The molecule has 3 nitrogen and oxygen atoms in total.